The maximum atomic E-state index is 13.9. The largest absolute Gasteiger partial charge is 0.497 e. The van der Waals surface area contributed by atoms with E-state index in [0.717, 1.165) is 28.9 Å². The van der Waals surface area contributed by atoms with Crippen LogP contribution in [-0.4, -0.2) is 61.3 Å². The summed E-state index contributed by atoms with van der Waals surface area (Å²) in [6.07, 6.45) is 0.788. The molecule has 9 nitrogen and oxygen atoms in total. The lowest BCUT2D eigenvalue weighted by Crippen LogP contribution is -2.44. The molecule has 1 aliphatic rings. The van der Waals surface area contributed by atoms with Crippen molar-refractivity contribution in [1.29, 1.82) is 0 Å². The lowest BCUT2D eigenvalue weighted by atomic mass is 9.87. The highest BCUT2D eigenvalue weighted by atomic mass is 32.2. The highest BCUT2D eigenvalue weighted by Gasteiger charge is 2.41. The Balaban J connectivity index is 2.02. The molecular formula is C31H40N4O5S. The van der Waals surface area contributed by atoms with Crippen molar-refractivity contribution in [1.82, 2.24) is 15.1 Å². The van der Waals surface area contributed by atoms with Gasteiger partial charge in [0.15, 0.2) is 0 Å². The molecule has 1 aromatic heterocycles. The van der Waals surface area contributed by atoms with Gasteiger partial charge >= 0.3 is 0 Å². The number of amides is 2. The third kappa shape index (κ3) is 6.32. The zero-order chi connectivity index (χ0) is 29.9. The Labute approximate surface area is 246 Å². The first kappa shape index (κ1) is 30.3. The van der Waals surface area contributed by atoms with Gasteiger partial charge in [-0.05, 0) is 55.8 Å². The van der Waals surface area contributed by atoms with E-state index >= 15 is 0 Å². The lowest BCUT2D eigenvalue weighted by Gasteiger charge is -2.25. The number of anilines is 1. The van der Waals surface area contributed by atoms with E-state index in [1.54, 1.807) is 30.9 Å². The van der Waals surface area contributed by atoms with E-state index in [-0.39, 0.29) is 40.8 Å². The maximum absolute atomic E-state index is 13.9. The molecule has 0 spiro atoms. The monoisotopic (exact) mass is 580 g/mol. The van der Waals surface area contributed by atoms with Crippen LogP contribution in [0.5, 0.6) is 17.2 Å². The van der Waals surface area contributed by atoms with Crippen molar-refractivity contribution in [2.24, 2.45) is 0 Å². The zero-order valence-corrected chi connectivity index (χ0v) is 25.9. The predicted octanol–water partition coefficient (Wildman–Crippen LogP) is 5.28. The second-order valence-electron chi connectivity index (χ2n) is 11.1. The number of rotatable bonds is 9. The molecule has 2 amide bonds. The number of hydrogen-bond acceptors (Lipinski definition) is 7. The van der Waals surface area contributed by atoms with E-state index in [1.165, 1.54) is 11.8 Å². The summed E-state index contributed by atoms with van der Waals surface area (Å²) in [7, 11) is 4.88. The molecule has 0 radical (unpaired) electrons. The van der Waals surface area contributed by atoms with E-state index < -0.39 is 0 Å². The fraction of sp³-hybridized carbons (Fsp3) is 0.452. The van der Waals surface area contributed by atoms with Gasteiger partial charge in [-0.15, -0.1) is 11.8 Å². The summed E-state index contributed by atoms with van der Waals surface area (Å²) >= 11 is 1.50. The third-order valence-electron chi connectivity index (χ3n) is 7.16. The van der Waals surface area contributed by atoms with E-state index in [9.17, 15) is 9.59 Å². The predicted molar refractivity (Wildman–Crippen MR) is 163 cm³/mol. The van der Waals surface area contributed by atoms with E-state index in [4.69, 9.17) is 19.3 Å². The number of hydrogen-bond donors (Lipinski definition) is 1. The van der Waals surface area contributed by atoms with Gasteiger partial charge in [0.1, 0.15) is 29.6 Å². The van der Waals surface area contributed by atoms with Gasteiger partial charge in [-0.1, -0.05) is 27.7 Å². The number of thioether (sulfide) groups is 1. The van der Waals surface area contributed by atoms with E-state index in [2.05, 4.69) is 26.1 Å². The standard InChI is InChI=1S/C31H40N4O5S/c1-9-19(2)32-25(36)17-34-26(37)18-41-28(23-16-22(39-7)14-15-24(23)40-8)27-29(31(3,4)5)33-35(30(27)34)20-10-12-21(38-6)13-11-20/h10-16,19,28H,9,17-18H2,1-8H3,(H,32,36). The minimum absolute atomic E-state index is 0.0103. The molecule has 10 heteroatoms. The summed E-state index contributed by atoms with van der Waals surface area (Å²) in [6.45, 7) is 10.1. The van der Waals surface area contributed by atoms with Crippen molar-refractivity contribution in [3.05, 3.63) is 59.3 Å². The molecule has 0 saturated heterocycles. The second kappa shape index (κ2) is 12.5. The normalized spacial score (nSPS) is 16.0. The smallest absolute Gasteiger partial charge is 0.240 e. The number of carbonyl (C=O) groups excluding carboxylic acids is 2. The molecule has 0 fully saturated rings. The Bertz CT molecular complexity index is 1400. The van der Waals surface area contributed by atoms with Crippen molar-refractivity contribution in [2.75, 3.05) is 38.5 Å². The van der Waals surface area contributed by atoms with Crippen LogP contribution in [0.15, 0.2) is 42.5 Å². The number of methoxy groups -OCH3 is 3. The summed E-state index contributed by atoms with van der Waals surface area (Å²) in [5.74, 6) is 2.42. The van der Waals surface area contributed by atoms with Crippen LogP contribution in [0, 0.1) is 0 Å². The Morgan fingerprint density at radius 3 is 2.32 bits per heavy atom. The van der Waals surface area contributed by atoms with Crippen LogP contribution in [0.2, 0.25) is 0 Å². The first-order valence-corrected chi connectivity index (χ1v) is 14.8. The number of benzene rings is 2. The number of aromatic nitrogens is 2. The summed E-state index contributed by atoms with van der Waals surface area (Å²) in [5, 5.41) is 7.84. The number of nitrogens with zero attached hydrogens (tertiary/aromatic N) is 3. The summed E-state index contributed by atoms with van der Waals surface area (Å²) in [5.41, 5.74) is 2.93. The second-order valence-corrected chi connectivity index (χ2v) is 12.2. The fourth-order valence-corrected chi connectivity index (χ4v) is 6.05. The van der Waals surface area contributed by atoms with Crippen molar-refractivity contribution in [2.45, 2.75) is 57.7 Å². The van der Waals surface area contributed by atoms with Crippen molar-refractivity contribution < 1.29 is 23.8 Å². The number of nitrogens with one attached hydrogen (secondary N) is 1. The molecule has 1 aliphatic heterocycles. The van der Waals surface area contributed by atoms with Crippen LogP contribution in [-0.2, 0) is 15.0 Å². The van der Waals surface area contributed by atoms with E-state index in [0.29, 0.717) is 23.1 Å². The molecule has 0 bridgehead atoms. The maximum Gasteiger partial charge on any atom is 0.240 e. The molecule has 2 unspecified atom stereocenters. The average molecular weight is 581 g/mol. The van der Waals surface area contributed by atoms with Crippen LogP contribution in [0.4, 0.5) is 5.82 Å². The summed E-state index contributed by atoms with van der Waals surface area (Å²) in [6, 6.07) is 13.2. The fourth-order valence-electron chi connectivity index (χ4n) is 4.83. The molecule has 1 N–H and O–H groups in total. The molecule has 2 heterocycles. The van der Waals surface area contributed by atoms with Crippen molar-refractivity contribution in [3.63, 3.8) is 0 Å². The van der Waals surface area contributed by atoms with Gasteiger partial charge in [-0.3, -0.25) is 14.5 Å². The molecule has 0 saturated carbocycles. The first-order chi connectivity index (χ1) is 19.5. The lowest BCUT2D eigenvalue weighted by molar-refractivity contribution is -0.123. The molecule has 41 heavy (non-hydrogen) atoms. The van der Waals surface area contributed by atoms with E-state index in [1.807, 2.05) is 56.3 Å². The highest BCUT2D eigenvalue weighted by Crippen LogP contribution is 2.51. The van der Waals surface area contributed by atoms with Crippen molar-refractivity contribution in [3.8, 4) is 22.9 Å². The minimum atomic E-state index is -0.384. The van der Waals surface area contributed by atoms with Gasteiger partial charge in [0.05, 0.1) is 43.7 Å². The Morgan fingerprint density at radius 1 is 1.07 bits per heavy atom. The third-order valence-corrected chi connectivity index (χ3v) is 8.39. The average Bonchev–Trinajstić information content (AvgIpc) is 3.30. The van der Waals surface area contributed by atoms with Crippen LogP contribution in [0.25, 0.3) is 5.69 Å². The van der Waals surface area contributed by atoms with Crippen LogP contribution in [0.3, 0.4) is 0 Å². The SMILES string of the molecule is CCC(C)NC(=O)CN1C(=O)CSC(c2cc(OC)ccc2OC)c2c(C(C)(C)C)nn(-c3ccc(OC)cc3)c21. The van der Waals surface area contributed by atoms with Gasteiger partial charge in [0, 0.05) is 22.6 Å². The first-order valence-electron chi connectivity index (χ1n) is 13.7. The number of carbonyl (C=O) groups is 2. The zero-order valence-electron chi connectivity index (χ0n) is 25.1. The molecule has 2 aromatic carbocycles. The van der Waals surface area contributed by atoms with Crippen LogP contribution in [0.1, 0.15) is 63.1 Å². The topological polar surface area (TPSA) is 94.9 Å². The Morgan fingerprint density at radius 2 is 1.73 bits per heavy atom. The molecule has 0 aliphatic carbocycles. The van der Waals surface area contributed by atoms with Crippen LogP contribution < -0.4 is 24.4 Å². The van der Waals surface area contributed by atoms with Gasteiger partial charge in [0.2, 0.25) is 11.8 Å². The highest BCUT2D eigenvalue weighted by molar-refractivity contribution is 8.00. The molecular weight excluding hydrogens is 540 g/mol. The number of ether oxygens (including phenoxy) is 3. The molecule has 4 rings (SSSR count). The summed E-state index contributed by atoms with van der Waals surface area (Å²) in [4.78, 5) is 28.7. The van der Waals surface area contributed by atoms with Gasteiger partial charge in [-0.2, -0.15) is 5.10 Å². The van der Waals surface area contributed by atoms with Crippen LogP contribution >= 0.6 is 11.8 Å². The Kier molecular flexibility index (Phi) is 9.21. The molecule has 2 atom stereocenters. The van der Waals surface area contributed by atoms with Gasteiger partial charge in [0.25, 0.3) is 0 Å². The quantitative estimate of drug-likeness (QED) is 0.368. The molecule has 3 aromatic rings. The van der Waals surface area contributed by atoms with Gasteiger partial charge < -0.3 is 19.5 Å². The minimum Gasteiger partial charge on any atom is -0.497 e. The Hall–Kier alpha value is -3.66. The summed E-state index contributed by atoms with van der Waals surface area (Å²) < 4.78 is 18.5. The molecule has 220 valence electrons. The van der Waals surface area contributed by atoms with Gasteiger partial charge in [-0.25, -0.2) is 4.68 Å². The number of fused-ring (bicyclic) bond motifs is 1. The van der Waals surface area contributed by atoms with Crippen molar-refractivity contribution >= 4 is 29.4 Å².